The lowest BCUT2D eigenvalue weighted by atomic mass is 10.2. The van der Waals surface area contributed by atoms with E-state index in [2.05, 4.69) is 23.5 Å². The molecule has 0 aliphatic rings. The zero-order valence-corrected chi connectivity index (χ0v) is 11.7. The fraction of sp³-hybridized carbons (Fsp3) is 0.571. The van der Waals surface area contributed by atoms with E-state index in [9.17, 15) is 9.59 Å². The van der Waals surface area contributed by atoms with Crippen molar-refractivity contribution in [3.63, 3.8) is 0 Å². The first-order chi connectivity index (χ1) is 8.56. The standard InChI is InChI=1S/C14H23NO3/c1-5-9-15(10-6-2)11-7-8-13(12(3)16)14(17)18-4/h7-8,11H,5-6,9-10H2,1-4H3/b11-7+,13-8+. The van der Waals surface area contributed by atoms with Crippen LogP contribution in [-0.4, -0.2) is 36.9 Å². The Bertz CT molecular complexity index is 326. The van der Waals surface area contributed by atoms with Crippen molar-refractivity contribution in [2.24, 2.45) is 0 Å². The van der Waals surface area contributed by atoms with Gasteiger partial charge in [0, 0.05) is 13.1 Å². The molecule has 0 saturated carbocycles. The molecule has 0 rings (SSSR count). The number of hydrogen-bond acceptors (Lipinski definition) is 4. The fourth-order valence-corrected chi connectivity index (χ4v) is 1.54. The van der Waals surface area contributed by atoms with Gasteiger partial charge in [-0.05, 0) is 38.1 Å². The number of ketones is 1. The van der Waals surface area contributed by atoms with Gasteiger partial charge in [0.25, 0.3) is 0 Å². The summed E-state index contributed by atoms with van der Waals surface area (Å²) in [6.45, 7) is 7.51. The highest BCUT2D eigenvalue weighted by Crippen LogP contribution is 2.01. The first kappa shape index (κ1) is 16.4. The summed E-state index contributed by atoms with van der Waals surface area (Å²) in [6, 6.07) is 0. The second-order valence-electron chi connectivity index (χ2n) is 4.01. The molecule has 0 fully saturated rings. The van der Waals surface area contributed by atoms with Gasteiger partial charge in [0.2, 0.25) is 0 Å². The van der Waals surface area contributed by atoms with E-state index < -0.39 is 5.97 Å². The van der Waals surface area contributed by atoms with Crippen molar-refractivity contribution in [3.8, 4) is 0 Å². The Kier molecular flexibility index (Phi) is 8.62. The van der Waals surface area contributed by atoms with E-state index in [-0.39, 0.29) is 11.4 Å². The van der Waals surface area contributed by atoms with Gasteiger partial charge in [-0.3, -0.25) is 4.79 Å². The number of methoxy groups -OCH3 is 1. The number of Topliss-reactive ketones (excluding diaryl/α,β-unsaturated/α-hetero) is 1. The van der Waals surface area contributed by atoms with Crippen LogP contribution in [0.25, 0.3) is 0 Å². The Morgan fingerprint density at radius 2 is 1.72 bits per heavy atom. The molecular formula is C14H23NO3. The van der Waals surface area contributed by atoms with Gasteiger partial charge in [-0.1, -0.05) is 13.8 Å². The summed E-state index contributed by atoms with van der Waals surface area (Å²) in [7, 11) is 1.27. The molecule has 0 spiro atoms. The number of carbonyl (C=O) groups excluding carboxylic acids is 2. The number of carbonyl (C=O) groups is 2. The monoisotopic (exact) mass is 253 g/mol. The number of esters is 1. The van der Waals surface area contributed by atoms with Crippen LogP contribution in [0.1, 0.15) is 33.6 Å². The summed E-state index contributed by atoms with van der Waals surface area (Å²) < 4.78 is 4.55. The van der Waals surface area contributed by atoms with E-state index in [1.54, 1.807) is 6.08 Å². The first-order valence-electron chi connectivity index (χ1n) is 6.28. The molecule has 0 heterocycles. The van der Waals surface area contributed by atoms with Crippen LogP contribution < -0.4 is 0 Å². The summed E-state index contributed by atoms with van der Waals surface area (Å²) in [6.07, 6.45) is 7.25. The number of hydrogen-bond donors (Lipinski definition) is 0. The second kappa shape index (κ2) is 9.45. The van der Waals surface area contributed by atoms with Gasteiger partial charge in [0.1, 0.15) is 5.57 Å². The quantitative estimate of drug-likeness (QED) is 0.219. The topological polar surface area (TPSA) is 46.6 Å². The highest BCUT2D eigenvalue weighted by Gasteiger charge is 2.13. The van der Waals surface area contributed by atoms with E-state index in [1.165, 1.54) is 20.1 Å². The minimum atomic E-state index is -0.593. The predicted octanol–water partition coefficient (Wildman–Crippen LogP) is 2.31. The Hall–Kier alpha value is -1.58. The molecule has 0 atom stereocenters. The zero-order chi connectivity index (χ0) is 14.0. The highest BCUT2D eigenvalue weighted by atomic mass is 16.5. The van der Waals surface area contributed by atoms with E-state index in [0.717, 1.165) is 25.9 Å². The summed E-state index contributed by atoms with van der Waals surface area (Å²) in [5.41, 5.74) is 0.0710. The third-order valence-electron chi connectivity index (χ3n) is 2.37. The molecule has 0 radical (unpaired) electrons. The maximum absolute atomic E-state index is 11.3. The van der Waals surface area contributed by atoms with E-state index >= 15 is 0 Å². The molecule has 0 aliphatic carbocycles. The van der Waals surface area contributed by atoms with Crippen LogP contribution in [0.3, 0.4) is 0 Å². The van der Waals surface area contributed by atoms with Crippen LogP contribution in [0.5, 0.6) is 0 Å². The molecule has 18 heavy (non-hydrogen) atoms. The molecule has 0 bridgehead atoms. The van der Waals surface area contributed by atoms with Gasteiger partial charge in [0.15, 0.2) is 5.78 Å². The first-order valence-corrected chi connectivity index (χ1v) is 6.28. The van der Waals surface area contributed by atoms with E-state index in [1.807, 2.05) is 6.20 Å². The molecule has 4 heteroatoms. The molecule has 0 amide bonds. The maximum Gasteiger partial charge on any atom is 0.341 e. The van der Waals surface area contributed by atoms with Crippen LogP contribution in [0.4, 0.5) is 0 Å². The van der Waals surface area contributed by atoms with Crippen molar-refractivity contribution in [1.82, 2.24) is 4.90 Å². The number of ether oxygens (including phenoxy) is 1. The molecular weight excluding hydrogens is 230 g/mol. The maximum atomic E-state index is 11.3. The average molecular weight is 253 g/mol. The molecule has 0 aliphatic heterocycles. The Morgan fingerprint density at radius 3 is 2.11 bits per heavy atom. The SMILES string of the molecule is CCCN(/C=C/C=C(\C(C)=O)C(=O)OC)CCC. The van der Waals surface area contributed by atoms with Gasteiger partial charge >= 0.3 is 5.97 Å². The summed E-state index contributed by atoms with van der Waals surface area (Å²) >= 11 is 0. The molecule has 102 valence electrons. The Labute approximate surface area is 109 Å². The molecule has 4 nitrogen and oxygen atoms in total. The third kappa shape index (κ3) is 6.23. The Balaban J connectivity index is 4.71. The van der Waals surface area contributed by atoms with Gasteiger partial charge in [0.05, 0.1) is 7.11 Å². The van der Waals surface area contributed by atoms with Crippen LogP contribution in [0.2, 0.25) is 0 Å². The van der Waals surface area contributed by atoms with Crippen LogP contribution in [0.15, 0.2) is 23.9 Å². The van der Waals surface area contributed by atoms with Crippen molar-refractivity contribution in [1.29, 1.82) is 0 Å². The number of rotatable bonds is 8. The van der Waals surface area contributed by atoms with Crippen LogP contribution in [-0.2, 0) is 14.3 Å². The highest BCUT2D eigenvalue weighted by molar-refractivity contribution is 6.16. The molecule has 0 aromatic carbocycles. The van der Waals surface area contributed by atoms with E-state index in [4.69, 9.17) is 0 Å². The van der Waals surface area contributed by atoms with Gasteiger partial charge in [-0.2, -0.15) is 0 Å². The van der Waals surface area contributed by atoms with Crippen molar-refractivity contribution in [2.45, 2.75) is 33.6 Å². The lowest BCUT2D eigenvalue weighted by molar-refractivity contribution is -0.137. The fourth-order valence-electron chi connectivity index (χ4n) is 1.54. The largest absolute Gasteiger partial charge is 0.465 e. The second-order valence-corrected chi connectivity index (χ2v) is 4.01. The lowest BCUT2D eigenvalue weighted by Gasteiger charge is -2.17. The number of allylic oxidation sites excluding steroid dienone is 2. The molecule has 0 unspecified atom stereocenters. The third-order valence-corrected chi connectivity index (χ3v) is 2.37. The smallest absolute Gasteiger partial charge is 0.341 e. The summed E-state index contributed by atoms with van der Waals surface area (Å²) in [5.74, 6) is -0.881. The predicted molar refractivity (Wildman–Crippen MR) is 72.1 cm³/mol. The number of nitrogens with zero attached hydrogens (tertiary/aromatic N) is 1. The normalized spacial score (nSPS) is 11.7. The van der Waals surface area contributed by atoms with E-state index in [0.29, 0.717) is 0 Å². The minimum Gasteiger partial charge on any atom is -0.465 e. The van der Waals surface area contributed by atoms with Gasteiger partial charge in [-0.15, -0.1) is 0 Å². The summed E-state index contributed by atoms with van der Waals surface area (Å²) in [5, 5.41) is 0. The minimum absolute atomic E-state index is 0.0710. The molecule has 0 N–H and O–H groups in total. The summed E-state index contributed by atoms with van der Waals surface area (Å²) in [4.78, 5) is 24.7. The van der Waals surface area contributed by atoms with Crippen molar-refractivity contribution >= 4 is 11.8 Å². The average Bonchev–Trinajstić information content (AvgIpc) is 2.33. The lowest BCUT2D eigenvalue weighted by Crippen LogP contribution is -2.18. The van der Waals surface area contributed by atoms with Gasteiger partial charge < -0.3 is 9.64 Å². The molecule has 0 aromatic heterocycles. The molecule has 0 saturated heterocycles. The van der Waals surface area contributed by atoms with Crippen LogP contribution in [0, 0.1) is 0 Å². The van der Waals surface area contributed by atoms with Crippen molar-refractivity contribution in [2.75, 3.05) is 20.2 Å². The zero-order valence-electron chi connectivity index (χ0n) is 11.7. The van der Waals surface area contributed by atoms with Crippen LogP contribution >= 0.6 is 0 Å². The van der Waals surface area contributed by atoms with Crippen molar-refractivity contribution in [3.05, 3.63) is 23.9 Å². The van der Waals surface area contributed by atoms with Crippen molar-refractivity contribution < 1.29 is 14.3 Å². The Morgan fingerprint density at radius 1 is 1.17 bits per heavy atom. The van der Waals surface area contributed by atoms with Gasteiger partial charge in [-0.25, -0.2) is 4.79 Å². The molecule has 0 aromatic rings.